The fourth-order valence-corrected chi connectivity index (χ4v) is 4.05. The monoisotopic (exact) mass is 466 g/mol. The quantitative estimate of drug-likeness (QED) is 0.426. The lowest BCUT2D eigenvalue weighted by Gasteiger charge is -2.35. The first-order chi connectivity index (χ1) is 16.3. The Morgan fingerprint density at radius 1 is 0.971 bits per heavy atom. The van der Waals surface area contributed by atoms with Crippen LogP contribution >= 0.6 is 0 Å². The molecule has 0 aromatic heterocycles. The highest BCUT2D eigenvalue weighted by atomic mass is 16.5. The minimum absolute atomic E-state index is 0.122. The molecule has 34 heavy (non-hydrogen) atoms. The van der Waals surface area contributed by atoms with Gasteiger partial charge in [-0.2, -0.15) is 0 Å². The molecule has 182 valence electrons. The van der Waals surface area contributed by atoms with Gasteiger partial charge in [0, 0.05) is 61.3 Å². The van der Waals surface area contributed by atoms with Gasteiger partial charge in [0.25, 0.3) is 5.91 Å². The summed E-state index contributed by atoms with van der Waals surface area (Å²) in [5.74, 6) is 0.486. The van der Waals surface area contributed by atoms with Gasteiger partial charge in [0.2, 0.25) is 0 Å². The second-order valence-corrected chi connectivity index (χ2v) is 8.99. The van der Waals surface area contributed by atoms with Crippen LogP contribution in [-0.2, 0) is 15.9 Å². The van der Waals surface area contributed by atoms with Crippen LogP contribution in [0.2, 0.25) is 0 Å². The highest BCUT2D eigenvalue weighted by molar-refractivity contribution is 6.09. The summed E-state index contributed by atoms with van der Waals surface area (Å²) in [6.45, 7) is 6.03. The average Bonchev–Trinajstić information content (AvgIpc) is 2.83. The van der Waals surface area contributed by atoms with Crippen molar-refractivity contribution < 1.29 is 23.8 Å². The Labute approximate surface area is 201 Å². The maximum absolute atomic E-state index is 13.1. The van der Waals surface area contributed by atoms with Gasteiger partial charge in [-0.3, -0.25) is 9.59 Å². The molecule has 1 amide bonds. The number of nitrogens with zero attached hydrogens (tertiary/aromatic N) is 1. The Hall–Kier alpha value is -3.16. The zero-order chi connectivity index (χ0) is 24.7. The van der Waals surface area contributed by atoms with E-state index in [9.17, 15) is 9.59 Å². The van der Waals surface area contributed by atoms with Gasteiger partial charge < -0.3 is 24.4 Å². The highest BCUT2D eigenvalue weighted by Crippen LogP contribution is 2.32. The summed E-state index contributed by atoms with van der Waals surface area (Å²) in [6, 6.07) is 12.7. The molecule has 2 aromatic rings. The van der Waals surface area contributed by atoms with E-state index in [1.165, 1.54) is 0 Å². The van der Waals surface area contributed by atoms with Crippen LogP contribution in [0.5, 0.6) is 5.75 Å². The van der Waals surface area contributed by atoms with Crippen LogP contribution in [0.25, 0.3) is 5.70 Å². The Balaban J connectivity index is 1.82. The standard InChI is InChI=1S/C27H34N2O5/c1-27(2)18-21-10-11-22(34-5)16-23(21)24(28-27)17-25(30)19-6-8-20(9-7-19)26(31)29(12-14-32-3)13-15-33-4/h6-11,16-17,28H,12-15,18H2,1-5H3/b24-17-. The van der Waals surface area contributed by atoms with Crippen molar-refractivity contribution in [3.8, 4) is 5.75 Å². The van der Waals surface area contributed by atoms with Crippen molar-refractivity contribution in [2.75, 3.05) is 47.6 Å². The fourth-order valence-electron chi connectivity index (χ4n) is 4.05. The van der Waals surface area contributed by atoms with Crippen LogP contribution < -0.4 is 10.1 Å². The van der Waals surface area contributed by atoms with Gasteiger partial charge in [0.15, 0.2) is 5.78 Å². The second kappa shape index (κ2) is 11.3. The van der Waals surface area contributed by atoms with Crippen molar-refractivity contribution in [3.05, 3.63) is 70.8 Å². The average molecular weight is 467 g/mol. The third kappa shape index (κ3) is 6.24. The van der Waals surface area contributed by atoms with Crippen LogP contribution in [0.4, 0.5) is 0 Å². The molecule has 1 N–H and O–H groups in total. The topological polar surface area (TPSA) is 77.1 Å². The van der Waals surface area contributed by atoms with Gasteiger partial charge in [-0.1, -0.05) is 18.2 Å². The lowest BCUT2D eigenvalue weighted by molar-refractivity contribution is 0.0627. The minimum atomic E-state index is -0.183. The first-order valence-corrected chi connectivity index (χ1v) is 11.4. The first kappa shape index (κ1) is 25.5. The predicted octanol–water partition coefficient (Wildman–Crippen LogP) is 3.58. The molecule has 0 unspecified atom stereocenters. The van der Waals surface area contributed by atoms with Gasteiger partial charge in [0.1, 0.15) is 5.75 Å². The SMILES string of the molecule is COCCN(CCOC)C(=O)c1ccc(C(=O)/C=C2\NC(C)(C)Cc3ccc(OC)cc32)cc1. The largest absolute Gasteiger partial charge is 0.497 e. The summed E-state index contributed by atoms with van der Waals surface area (Å²) in [6.07, 6.45) is 2.47. The Morgan fingerprint density at radius 2 is 1.59 bits per heavy atom. The molecule has 7 heteroatoms. The van der Waals surface area contributed by atoms with Crippen molar-refractivity contribution >= 4 is 17.4 Å². The maximum Gasteiger partial charge on any atom is 0.254 e. The molecule has 1 aliphatic rings. The summed E-state index contributed by atoms with van der Waals surface area (Å²) in [4.78, 5) is 27.7. The van der Waals surface area contributed by atoms with Crippen molar-refractivity contribution in [1.29, 1.82) is 0 Å². The molecule has 0 saturated heterocycles. The predicted molar refractivity (Wildman–Crippen MR) is 132 cm³/mol. The van der Waals surface area contributed by atoms with Gasteiger partial charge in [-0.15, -0.1) is 0 Å². The molecule has 0 fully saturated rings. The van der Waals surface area contributed by atoms with Gasteiger partial charge in [0.05, 0.1) is 20.3 Å². The normalized spacial score (nSPS) is 15.4. The van der Waals surface area contributed by atoms with E-state index in [4.69, 9.17) is 14.2 Å². The lowest BCUT2D eigenvalue weighted by atomic mass is 9.85. The van der Waals surface area contributed by atoms with Gasteiger partial charge >= 0.3 is 0 Å². The number of rotatable bonds is 10. The van der Waals surface area contributed by atoms with E-state index >= 15 is 0 Å². The van der Waals surface area contributed by atoms with Crippen molar-refractivity contribution in [2.45, 2.75) is 25.8 Å². The molecule has 0 radical (unpaired) electrons. The summed E-state index contributed by atoms with van der Waals surface area (Å²) < 4.78 is 15.6. The first-order valence-electron chi connectivity index (χ1n) is 11.4. The van der Waals surface area contributed by atoms with Crippen molar-refractivity contribution in [2.24, 2.45) is 0 Å². The molecule has 0 aliphatic carbocycles. The smallest absolute Gasteiger partial charge is 0.254 e. The van der Waals surface area contributed by atoms with Crippen LogP contribution in [0.3, 0.4) is 0 Å². The molecule has 0 spiro atoms. The number of amides is 1. The van der Waals surface area contributed by atoms with Crippen LogP contribution in [0, 0.1) is 0 Å². The molecule has 7 nitrogen and oxygen atoms in total. The number of carbonyl (C=O) groups is 2. The number of benzene rings is 2. The Kier molecular flexibility index (Phi) is 8.47. The molecule has 1 aliphatic heterocycles. The van der Waals surface area contributed by atoms with E-state index in [0.29, 0.717) is 37.4 Å². The third-order valence-corrected chi connectivity index (χ3v) is 5.82. The van der Waals surface area contributed by atoms with Crippen LogP contribution in [0.15, 0.2) is 48.5 Å². The number of ether oxygens (including phenoxy) is 3. The number of hydrogen-bond acceptors (Lipinski definition) is 6. The molecule has 1 heterocycles. The van der Waals surface area contributed by atoms with Gasteiger partial charge in [-0.05, 0) is 50.1 Å². The Bertz CT molecular complexity index is 1040. The fraction of sp³-hybridized carbons (Fsp3) is 0.407. The lowest BCUT2D eigenvalue weighted by Crippen LogP contribution is -2.43. The van der Waals surface area contributed by atoms with E-state index in [0.717, 1.165) is 29.0 Å². The molecule has 0 atom stereocenters. The zero-order valence-corrected chi connectivity index (χ0v) is 20.6. The number of fused-ring (bicyclic) bond motifs is 1. The van der Waals surface area contributed by atoms with E-state index in [1.807, 2.05) is 18.2 Å². The molecule has 0 bridgehead atoms. The molecule has 0 saturated carbocycles. The number of methoxy groups -OCH3 is 3. The molecule has 2 aromatic carbocycles. The van der Waals surface area contributed by atoms with Crippen molar-refractivity contribution in [3.63, 3.8) is 0 Å². The van der Waals surface area contributed by atoms with Crippen LogP contribution in [0.1, 0.15) is 45.7 Å². The second-order valence-electron chi connectivity index (χ2n) is 8.99. The maximum atomic E-state index is 13.1. The van der Waals surface area contributed by atoms with Gasteiger partial charge in [-0.25, -0.2) is 0 Å². The summed E-state index contributed by atoms with van der Waals surface area (Å²) >= 11 is 0. The summed E-state index contributed by atoms with van der Waals surface area (Å²) in [7, 11) is 4.83. The van der Waals surface area contributed by atoms with Crippen molar-refractivity contribution in [1.82, 2.24) is 10.2 Å². The number of ketones is 1. The third-order valence-electron chi connectivity index (χ3n) is 5.82. The number of allylic oxidation sites excluding steroid dienone is 1. The van der Waals surface area contributed by atoms with E-state index in [-0.39, 0.29) is 17.2 Å². The van der Waals surface area contributed by atoms with E-state index in [1.54, 1.807) is 56.6 Å². The zero-order valence-electron chi connectivity index (χ0n) is 20.6. The Morgan fingerprint density at radius 3 is 2.18 bits per heavy atom. The van der Waals surface area contributed by atoms with Crippen LogP contribution in [-0.4, -0.2) is 69.8 Å². The summed E-state index contributed by atoms with van der Waals surface area (Å²) in [5, 5.41) is 3.48. The minimum Gasteiger partial charge on any atom is -0.497 e. The highest BCUT2D eigenvalue weighted by Gasteiger charge is 2.28. The number of hydrogen-bond donors (Lipinski definition) is 1. The molecular weight excluding hydrogens is 432 g/mol. The van der Waals surface area contributed by atoms with E-state index < -0.39 is 0 Å². The molecular formula is C27H34N2O5. The molecule has 3 rings (SSSR count). The van der Waals surface area contributed by atoms with E-state index in [2.05, 4.69) is 19.2 Å². The number of carbonyl (C=O) groups excluding carboxylic acids is 2. The number of nitrogens with one attached hydrogen (secondary N) is 1. The summed E-state index contributed by atoms with van der Waals surface area (Å²) in [5.41, 5.74) is 3.74.